The predicted molar refractivity (Wildman–Crippen MR) is 124 cm³/mol. The lowest BCUT2D eigenvalue weighted by Gasteiger charge is -2.19. The molecule has 162 valence electrons. The molecule has 0 atom stereocenters. The quantitative estimate of drug-likeness (QED) is 0.506. The van der Waals surface area contributed by atoms with Crippen molar-refractivity contribution in [3.05, 3.63) is 64.7 Å². The largest absolute Gasteiger partial charge is 0.465 e. The number of carbonyl (C=O) groups is 2. The van der Waals surface area contributed by atoms with Gasteiger partial charge in [-0.1, -0.05) is 35.9 Å². The molecule has 0 unspecified atom stereocenters. The molecule has 0 aliphatic carbocycles. The van der Waals surface area contributed by atoms with Gasteiger partial charge in [0, 0.05) is 31.9 Å². The van der Waals surface area contributed by atoms with E-state index in [0.29, 0.717) is 34.3 Å². The number of ether oxygens (including phenoxy) is 1. The van der Waals surface area contributed by atoms with Crippen molar-refractivity contribution >= 4 is 46.8 Å². The molecule has 0 bridgehead atoms. The lowest BCUT2D eigenvalue weighted by molar-refractivity contribution is -0.141. The van der Waals surface area contributed by atoms with Crippen LogP contribution in [0.25, 0.3) is 6.08 Å². The van der Waals surface area contributed by atoms with Gasteiger partial charge in [-0.15, -0.1) is 5.10 Å². The Balaban J connectivity index is 1.89. The molecule has 0 radical (unpaired) electrons. The van der Waals surface area contributed by atoms with Gasteiger partial charge in [0.05, 0.1) is 17.9 Å². The van der Waals surface area contributed by atoms with E-state index in [1.54, 1.807) is 35.9 Å². The average Bonchev–Trinajstić information content (AvgIpc) is 3.06. The number of nitrogens with zero attached hydrogens (tertiary/aromatic N) is 4. The minimum Gasteiger partial charge on any atom is -0.465 e. The third-order valence-corrected chi connectivity index (χ3v) is 5.01. The molecule has 7 nitrogen and oxygen atoms in total. The second kappa shape index (κ2) is 9.66. The average molecular weight is 441 g/mol. The number of hydrogen-bond donors (Lipinski definition) is 0. The molecule has 1 heterocycles. The van der Waals surface area contributed by atoms with E-state index in [4.69, 9.17) is 16.3 Å². The molecule has 0 aromatic heterocycles. The number of halogens is 1. The molecule has 31 heavy (non-hydrogen) atoms. The highest BCUT2D eigenvalue weighted by Gasteiger charge is 2.32. The fourth-order valence-electron chi connectivity index (χ4n) is 3.12. The van der Waals surface area contributed by atoms with E-state index in [2.05, 4.69) is 5.10 Å². The topological polar surface area (TPSA) is 65.5 Å². The molecule has 1 aliphatic heterocycles. The van der Waals surface area contributed by atoms with Crippen LogP contribution in [-0.2, 0) is 14.3 Å². The third kappa shape index (κ3) is 5.06. The van der Waals surface area contributed by atoms with Crippen LogP contribution in [0.15, 0.2) is 59.2 Å². The van der Waals surface area contributed by atoms with E-state index in [1.165, 1.54) is 5.01 Å². The second-order valence-corrected chi connectivity index (χ2v) is 7.60. The van der Waals surface area contributed by atoms with Crippen LogP contribution in [0.5, 0.6) is 0 Å². The number of likely N-dealkylation sites (N-methyl/N-ethyl adjacent to an activating group) is 2. The van der Waals surface area contributed by atoms with E-state index >= 15 is 0 Å². The zero-order chi connectivity index (χ0) is 22.5. The highest BCUT2D eigenvalue weighted by molar-refractivity contribution is 6.35. The number of rotatable bonds is 6. The van der Waals surface area contributed by atoms with Crippen molar-refractivity contribution in [1.82, 2.24) is 4.90 Å². The summed E-state index contributed by atoms with van der Waals surface area (Å²) in [6.45, 7) is 2.22. The number of anilines is 2. The van der Waals surface area contributed by atoms with Crippen LogP contribution < -0.4 is 9.91 Å². The van der Waals surface area contributed by atoms with Crippen LogP contribution in [0.1, 0.15) is 12.5 Å². The molecular weight excluding hydrogens is 416 g/mol. The summed E-state index contributed by atoms with van der Waals surface area (Å²) in [6.07, 6.45) is 1.74. The van der Waals surface area contributed by atoms with Crippen LogP contribution in [0, 0.1) is 0 Å². The Morgan fingerprint density at radius 3 is 2.48 bits per heavy atom. The number of carbonyl (C=O) groups excluding carboxylic acids is 2. The van der Waals surface area contributed by atoms with Gasteiger partial charge in [-0.2, -0.15) is 5.01 Å². The SMILES string of the molecule is CCOC(=O)CN(C)c1ccc(C=C2C(=O)N(c3ccccc3)N=C2N(C)C)c(Cl)c1. The van der Waals surface area contributed by atoms with Crippen molar-refractivity contribution in [3.8, 4) is 0 Å². The zero-order valence-corrected chi connectivity index (χ0v) is 18.8. The smallest absolute Gasteiger partial charge is 0.325 e. The highest BCUT2D eigenvalue weighted by atomic mass is 35.5. The van der Waals surface area contributed by atoms with E-state index in [-0.39, 0.29) is 18.4 Å². The molecule has 0 spiro atoms. The molecule has 3 rings (SSSR count). The molecule has 0 N–H and O–H groups in total. The summed E-state index contributed by atoms with van der Waals surface area (Å²) in [5, 5.41) is 6.35. The minimum absolute atomic E-state index is 0.118. The van der Waals surface area contributed by atoms with Gasteiger partial charge in [0.2, 0.25) is 0 Å². The first-order valence-corrected chi connectivity index (χ1v) is 10.2. The third-order valence-electron chi connectivity index (χ3n) is 4.68. The van der Waals surface area contributed by atoms with E-state index in [1.807, 2.05) is 56.6 Å². The van der Waals surface area contributed by atoms with Crippen LogP contribution in [0.4, 0.5) is 11.4 Å². The van der Waals surface area contributed by atoms with Crippen LogP contribution >= 0.6 is 11.6 Å². The molecule has 8 heteroatoms. The molecule has 0 fully saturated rings. The maximum Gasteiger partial charge on any atom is 0.325 e. The standard InChI is InChI=1S/C23H25ClN4O3/c1-5-31-21(29)15-27(4)18-12-11-16(20(24)14-18)13-19-22(26(2)3)25-28(23(19)30)17-9-7-6-8-10-17/h6-14H,5,15H2,1-4H3. The maximum absolute atomic E-state index is 13.1. The van der Waals surface area contributed by atoms with E-state index in [0.717, 1.165) is 5.69 Å². The van der Waals surface area contributed by atoms with Crippen molar-refractivity contribution < 1.29 is 14.3 Å². The van der Waals surface area contributed by atoms with E-state index in [9.17, 15) is 9.59 Å². The molecule has 0 saturated heterocycles. The molecule has 2 aromatic carbocycles. The molecule has 2 aromatic rings. The summed E-state index contributed by atoms with van der Waals surface area (Å²) in [5.41, 5.74) is 2.59. The summed E-state index contributed by atoms with van der Waals surface area (Å²) >= 11 is 6.51. The number of hydrazone groups is 1. The fraction of sp³-hybridized carbons (Fsp3) is 0.261. The minimum atomic E-state index is -0.309. The Bertz CT molecular complexity index is 1030. The van der Waals surface area contributed by atoms with Crippen molar-refractivity contribution in [3.63, 3.8) is 0 Å². The monoisotopic (exact) mass is 440 g/mol. The van der Waals surface area contributed by atoms with Gasteiger partial charge in [-0.25, -0.2) is 0 Å². The zero-order valence-electron chi connectivity index (χ0n) is 18.0. The number of para-hydroxylation sites is 1. The molecule has 1 amide bonds. The lowest BCUT2D eigenvalue weighted by atomic mass is 10.1. The van der Waals surface area contributed by atoms with Gasteiger partial charge in [0.15, 0.2) is 5.84 Å². The molecular formula is C23H25ClN4O3. The normalized spacial score (nSPS) is 14.6. The summed E-state index contributed by atoms with van der Waals surface area (Å²) in [7, 11) is 5.46. The second-order valence-electron chi connectivity index (χ2n) is 7.20. The van der Waals surface area contributed by atoms with Gasteiger partial charge in [0.1, 0.15) is 6.54 Å². The van der Waals surface area contributed by atoms with Crippen molar-refractivity contribution in [2.24, 2.45) is 5.10 Å². The Labute approximate surface area is 187 Å². The first kappa shape index (κ1) is 22.4. The molecule has 0 saturated carbocycles. The van der Waals surface area contributed by atoms with Gasteiger partial charge in [-0.05, 0) is 42.8 Å². The van der Waals surface area contributed by atoms with Crippen LogP contribution in [0.2, 0.25) is 5.02 Å². The number of amidine groups is 1. The summed E-state index contributed by atoms with van der Waals surface area (Å²) in [4.78, 5) is 28.4. The van der Waals surface area contributed by atoms with E-state index < -0.39 is 0 Å². The van der Waals surface area contributed by atoms with Crippen molar-refractivity contribution in [1.29, 1.82) is 0 Å². The van der Waals surface area contributed by atoms with Gasteiger partial charge >= 0.3 is 5.97 Å². The number of esters is 1. The van der Waals surface area contributed by atoms with Crippen molar-refractivity contribution in [2.75, 3.05) is 44.2 Å². The maximum atomic E-state index is 13.1. The summed E-state index contributed by atoms with van der Waals surface area (Å²) < 4.78 is 4.99. The highest BCUT2D eigenvalue weighted by Crippen LogP contribution is 2.29. The fourth-order valence-corrected chi connectivity index (χ4v) is 3.35. The van der Waals surface area contributed by atoms with Crippen LogP contribution in [0.3, 0.4) is 0 Å². The Morgan fingerprint density at radius 1 is 1.16 bits per heavy atom. The molecule has 1 aliphatic rings. The number of amides is 1. The van der Waals surface area contributed by atoms with Crippen molar-refractivity contribution in [2.45, 2.75) is 6.92 Å². The lowest BCUT2D eigenvalue weighted by Crippen LogP contribution is -2.27. The summed E-state index contributed by atoms with van der Waals surface area (Å²) in [5.74, 6) is 0.0135. The number of hydrogen-bond acceptors (Lipinski definition) is 6. The Hall–Kier alpha value is -3.32. The van der Waals surface area contributed by atoms with Gasteiger partial charge in [-0.3, -0.25) is 9.59 Å². The van der Waals surface area contributed by atoms with Gasteiger partial charge in [0.25, 0.3) is 5.91 Å². The predicted octanol–water partition coefficient (Wildman–Crippen LogP) is 3.64. The Kier molecular flexibility index (Phi) is 6.97. The first-order valence-electron chi connectivity index (χ1n) is 9.85. The summed E-state index contributed by atoms with van der Waals surface area (Å²) in [6, 6.07) is 14.7. The number of benzene rings is 2. The van der Waals surface area contributed by atoms with Gasteiger partial charge < -0.3 is 14.5 Å². The Morgan fingerprint density at radius 2 is 1.87 bits per heavy atom. The van der Waals surface area contributed by atoms with Crippen LogP contribution in [-0.4, -0.2) is 56.9 Å². The first-order chi connectivity index (χ1) is 14.8.